The molecule has 4 heteroatoms. The Morgan fingerprint density at radius 2 is 1.38 bits per heavy atom. The van der Waals surface area contributed by atoms with Gasteiger partial charge in [-0.2, -0.15) is 0 Å². The lowest BCUT2D eigenvalue weighted by atomic mass is 10.2. The lowest BCUT2D eigenvalue weighted by Gasteiger charge is -2.26. The van der Waals surface area contributed by atoms with Crippen molar-refractivity contribution in [3.05, 3.63) is 35.9 Å². The molecule has 0 heterocycles. The average Bonchev–Trinajstić information content (AvgIpc) is 2.52. The van der Waals surface area contributed by atoms with Gasteiger partial charge in [0, 0.05) is 26.2 Å². The molecule has 0 fully saturated rings. The topological polar surface area (TPSA) is 40.6 Å². The Hall–Kier alpha value is -1.84. The van der Waals surface area contributed by atoms with Gasteiger partial charge in [0.1, 0.15) is 0 Å². The number of carbonyl (C=O) groups excluding carboxylic acids is 2. The van der Waals surface area contributed by atoms with Crippen molar-refractivity contribution in [2.75, 3.05) is 19.6 Å². The molecule has 0 aliphatic rings. The molecule has 1 aromatic carbocycles. The largest absolute Gasteiger partial charge is 0.334 e. The lowest BCUT2D eigenvalue weighted by Crippen LogP contribution is -2.45. The van der Waals surface area contributed by atoms with Crippen LogP contribution in [0.25, 0.3) is 0 Å². The SMILES string of the molecule is CCCN(CCC)C(=O)C(=O)N(CC)Cc1ccccc1. The Morgan fingerprint density at radius 3 is 1.86 bits per heavy atom. The number of carbonyl (C=O) groups is 2. The zero-order valence-electron chi connectivity index (χ0n) is 13.3. The Balaban J connectivity index is 2.74. The number of nitrogens with zero attached hydrogens (tertiary/aromatic N) is 2. The molecule has 0 atom stereocenters. The molecule has 0 spiro atoms. The molecule has 1 rings (SSSR count). The predicted octanol–water partition coefficient (Wildman–Crippen LogP) is 2.68. The van der Waals surface area contributed by atoms with E-state index in [-0.39, 0.29) is 5.91 Å². The second-order valence-electron chi connectivity index (χ2n) is 5.10. The summed E-state index contributed by atoms with van der Waals surface area (Å²) in [7, 11) is 0. The van der Waals surface area contributed by atoms with E-state index in [1.54, 1.807) is 9.80 Å². The molecule has 0 bridgehead atoms. The Morgan fingerprint density at radius 1 is 0.857 bits per heavy atom. The fourth-order valence-corrected chi connectivity index (χ4v) is 2.26. The second kappa shape index (κ2) is 9.16. The summed E-state index contributed by atoms with van der Waals surface area (Å²) in [6.45, 7) is 8.23. The van der Waals surface area contributed by atoms with Crippen molar-refractivity contribution < 1.29 is 9.59 Å². The van der Waals surface area contributed by atoms with Gasteiger partial charge in [-0.25, -0.2) is 0 Å². The van der Waals surface area contributed by atoms with Crippen LogP contribution in [0, 0.1) is 0 Å². The van der Waals surface area contributed by atoms with Gasteiger partial charge in [0.15, 0.2) is 0 Å². The molecule has 0 saturated heterocycles. The van der Waals surface area contributed by atoms with Crippen LogP contribution < -0.4 is 0 Å². The summed E-state index contributed by atoms with van der Waals surface area (Å²) >= 11 is 0. The summed E-state index contributed by atoms with van der Waals surface area (Å²) in [6.07, 6.45) is 1.73. The number of benzene rings is 1. The zero-order valence-corrected chi connectivity index (χ0v) is 13.3. The van der Waals surface area contributed by atoms with Gasteiger partial charge in [-0.05, 0) is 25.3 Å². The van der Waals surface area contributed by atoms with Crippen molar-refractivity contribution in [1.82, 2.24) is 9.80 Å². The molecule has 0 N–H and O–H groups in total. The lowest BCUT2D eigenvalue weighted by molar-refractivity contribution is -0.152. The van der Waals surface area contributed by atoms with E-state index in [1.807, 2.05) is 51.1 Å². The van der Waals surface area contributed by atoms with Gasteiger partial charge in [-0.3, -0.25) is 9.59 Å². The molecule has 0 aliphatic carbocycles. The van der Waals surface area contributed by atoms with Crippen LogP contribution in [0.2, 0.25) is 0 Å². The highest BCUT2D eigenvalue weighted by Crippen LogP contribution is 2.07. The van der Waals surface area contributed by atoms with E-state index < -0.39 is 5.91 Å². The molecule has 0 radical (unpaired) electrons. The normalized spacial score (nSPS) is 10.2. The van der Waals surface area contributed by atoms with E-state index in [9.17, 15) is 9.59 Å². The van der Waals surface area contributed by atoms with Gasteiger partial charge in [0.2, 0.25) is 0 Å². The third-order valence-corrected chi connectivity index (χ3v) is 3.34. The zero-order chi connectivity index (χ0) is 15.7. The van der Waals surface area contributed by atoms with E-state index in [4.69, 9.17) is 0 Å². The number of amides is 2. The minimum atomic E-state index is -0.400. The molecular formula is C17H26N2O2. The molecule has 0 unspecified atom stereocenters. The van der Waals surface area contributed by atoms with Crippen molar-refractivity contribution >= 4 is 11.8 Å². The second-order valence-corrected chi connectivity index (χ2v) is 5.10. The molecule has 116 valence electrons. The highest BCUT2D eigenvalue weighted by molar-refractivity contribution is 6.34. The molecule has 0 aliphatic heterocycles. The first kappa shape index (κ1) is 17.2. The van der Waals surface area contributed by atoms with Crippen molar-refractivity contribution in [3.8, 4) is 0 Å². The van der Waals surface area contributed by atoms with E-state index in [0.717, 1.165) is 18.4 Å². The maximum absolute atomic E-state index is 12.4. The summed E-state index contributed by atoms with van der Waals surface area (Å²) in [5.41, 5.74) is 1.04. The van der Waals surface area contributed by atoms with Crippen LogP contribution >= 0.6 is 0 Å². The fraction of sp³-hybridized carbons (Fsp3) is 0.529. The molecule has 1 aromatic rings. The quantitative estimate of drug-likeness (QED) is 0.724. The first-order valence-corrected chi connectivity index (χ1v) is 7.76. The summed E-state index contributed by atoms with van der Waals surface area (Å²) in [4.78, 5) is 28.0. The number of likely N-dealkylation sites (N-methyl/N-ethyl adjacent to an activating group) is 1. The van der Waals surface area contributed by atoms with E-state index >= 15 is 0 Å². The van der Waals surface area contributed by atoms with Crippen LogP contribution in [0.5, 0.6) is 0 Å². The third-order valence-electron chi connectivity index (χ3n) is 3.34. The predicted molar refractivity (Wildman–Crippen MR) is 84.7 cm³/mol. The average molecular weight is 290 g/mol. The van der Waals surface area contributed by atoms with E-state index in [1.165, 1.54) is 0 Å². The first-order valence-electron chi connectivity index (χ1n) is 7.76. The smallest absolute Gasteiger partial charge is 0.312 e. The summed E-state index contributed by atoms with van der Waals surface area (Å²) in [6, 6.07) is 9.76. The van der Waals surface area contributed by atoms with Gasteiger partial charge in [0.05, 0.1) is 0 Å². The monoisotopic (exact) mass is 290 g/mol. The molecule has 0 saturated carbocycles. The van der Waals surface area contributed by atoms with Gasteiger partial charge < -0.3 is 9.80 Å². The number of hydrogen-bond acceptors (Lipinski definition) is 2. The van der Waals surface area contributed by atoms with Gasteiger partial charge in [-0.15, -0.1) is 0 Å². The Bertz CT molecular complexity index is 439. The molecule has 21 heavy (non-hydrogen) atoms. The van der Waals surface area contributed by atoms with Crippen molar-refractivity contribution in [3.63, 3.8) is 0 Å². The highest BCUT2D eigenvalue weighted by Gasteiger charge is 2.25. The van der Waals surface area contributed by atoms with Crippen molar-refractivity contribution in [2.45, 2.75) is 40.2 Å². The maximum atomic E-state index is 12.4. The minimum absolute atomic E-state index is 0.378. The third kappa shape index (κ3) is 5.21. The van der Waals surface area contributed by atoms with Crippen LogP contribution in [-0.4, -0.2) is 41.2 Å². The van der Waals surface area contributed by atoms with E-state index in [0.29, 0.717) is 26.2 Å². The van der Waals surface area contributed by atoms with Crippen LogP contribution in [0.15, 0.2) is 30.3 Å². The van der Waals surface area contributed by atoms with Crippen molar-refractivity contribution in [1.29, 1.82) is 0 Å². The van der Waals surface area contributed by atoms with Gasteiger partial charge in [0.25, 0.3) is 0 Å². The van der Waals surface area contributed by atoms with Crippen molar-refractivity contribution in [2.24, 2.45) is 0 Å². The van der Waals surface area contributed by atoms with Gasteiger partial charge in [-0.1, -0.05) is 44.2 Å². The minimum Gasteiger partial charge on any atom is -0.334 e. The maximum Gasteiger partial charge on any atom is 0.312 e. The molecule has 4 nitrogen and oxygen atoms in total. The Kier molecular flexibility index (Phi) is 7.51. The van der Waals surface area contributed by atoms with Crippen LogP contribution in [-0.2, 0) is 16.1 Å². The number of rotatable bonds is 7. The van der Waals surface area contributed by atoms with Crippen LogP contribution in [0.1, 0.15) is 39.2 Å². The fourth-order valence-electron chi connectivity index (χ4n) is 2.26. The summed E-state index contributed by atoms with van der Waals surface area (Å²) in [5.74, 6) is -0.778. The Labute approximate surface area is 127 Å². The van der Waals surface area contributed by atoms with Gasteiger partial charge >= 0.3 is 11.8 Å². The van der Waals surface area contributed by atoms with Crippen LogP contribution in [0.3, 0.4) is 0 Å². The number of hydrogen-bond donors (Lipinski definition) is 0. The first-order chi connectivity index (χ1) is 10.1. The summed E-state index contributed by atoms with van der Waals surface area (Å²) < 4.78 is 0. The standard InChI is InChI=1S/C17H26N2O2/c1-4-12-19(13-5-2)17(21)16(20)18(6-3)14-15-10-8-7-9-11-15/h7-11H,4-6,12-14H2,1-3H3. The summed E-state index contributed by atoms with van der Waals surface area (Å²) in [5, 5.41) is 0. The van der Waals surface area contributed by atoms with Crippen LogP contribution in [0.4, 0.5) is 0 Å². The van der Waals surface area contributed by atoms with E-state index in [2.05, 4.69) is 0 Å². The molecular weight excluding hydrogens is 264 g/mol. The molecule has 0 aromatic heterocycles. The highest BCUT2D eigenvalue weighted by atomic mass is 16.2. The molecule has 2 amide bonds.